The molecule has 0 radical (unpaired) electrons. The summed E-state index contributed by atoms with van der Waals surface area (Å²) in [4.78, 5) is 13.5. The molecule has 0 aliphatic carbocycles. The Morgan fingerprint density at radius 3 is 2.07 bits per heavy atom. The normalized spacial score (nSPS) is 12.5. The van der Waals surface area contributed by atoms with Gasteiger partial charge in [-0.25, -0.2) is 0 Å². The predicted octanol–water partition coefficient (Wildman–Crippen LogP) is 7.84. The summed E-state index contributed by atoms with van der Waals surface area (Å²) in [7, 11) is 0. The molecule has 4 nitrogen and oxygen atoms in total. The summed E-state index contributed by atoms with van der Waals surface area (Å²) >= 11 is 6.35. The molecule has 8 heteroatoms. The fourth-order valence-electron chi connectivity index (χ4n) is 4.94. The third-order valence-corrected chi connectivity index (χ3v) is 7.33. The molecule has 4 aromatic carbocycles. The van der Waals surface area contributed by atoms with Gasteiger partial charge in [-0.1, -0.05) is 103 Å². The molecular formula is C33H32ClF3N2O2. The van der Waals surface area contributed by atoms with Gasteiger partial charge in [-0.05, 0) is 46.9 Å². The quantitative estimate of drug-likeness (QED) is 0.174. The number of carbonyl (C=O) groups is 1. The first-order chi connectivity index (χ1) is 19.7. The fraction of sp³-hybridized carbons (Fsp3) is 0.242. The summed E-state index contributed by atoms with van der Waals surface area (Å²) in [6.07, 6.45) is -4.48. The second-order valence-electron chi connectivity index (χ2n) is 9.85. The molecule has 0 aromatic heterocycles. The van der Waals surface area contributed by atoms with E-state index in [1.807, 2.05) is 72.5 Å². The lowest BCUT2D eigenvalue weighted by molar-refractivity contribution is -0.137. The number of amides is 1. The summed E-state index contributed by atoms with van der Waals surface area (Å²) in [5, 5.41) is -0.320. The van der Waals surface area contributed by atoms with Gasteiger partial charge in [0.2, 0.25) is 5.91 Å². The van der Waals surface area contributed by atoms with Crippen molar-refractivity contribution in [2.75, 3.05) is 6.54 Å². The summed E-state index contributed by atoms with van der Waals surface area (Å²) in [5.74, 6) is -0.0175. The van der Waals surface area contributed by atoms with Crippen molar-refractivity contribution in [2.24, 2.45) is 5.73 Å². The molecule has 1 amide bonds. The van der Waals surface area contributed by atoms with Crippen LogP contribution in [0.2, 0.25) is 5.02 Å². The maximum absolute atomic E-state index is 13.7. The van der Waals surface area contributed by atoms with E-state index in [1.165, 1.54) is 6.07 Å². The van der Waals surface area contributed by atoms with Crippen molar-refractivity contribution < 1.29 is 22.7 Å². The maximum Gasteiger partial charge on any atom is 0.417 e. The molecule has 2 N–H and O–H groups in total. The Labute approximate surface area is 243 Å². The summed E-state index contributed by atoms with van der Waals surface area (Å²) in [5.41, 5.74) is 7.71. The van der Waals surface area contributed by atoms with E-state index in [0.717, 1.165) is 17.2 Å². The van der Waals surface area contributed by atoms with E-state index in [4.69, 9.17) is 22.1 Å². The zero-order valence-corrected chi connectivity index (χ0v) is 23.4. The van der Waals surface area contributed by atoms with Crippen LogP contribution in [-0.2, 0) is 23.9 Å². The van der Waals surface area contributed by atoms with E-state index in [-0.39, 0.29) is 23.9 Å². The number of carbonyl (C=O) groups excluding carboxylic acids is 1. The number of rotatable bonds is 12. The van der Waals surface area contributed by atoms with E-state index >= 15 is 0 Å². The summed E-state index contributed by atoms with van der Waals surface area (Å²) < 4.78 is 47.6. The van der Waals surface area contributed by atoms with E-state index in [9.17, 15) is 18.0 Å². The Morgan fingerprint density at radius 2 is 1.51 bits per heavy atom. The van der Waals surface area contributed by atoms with Gasteiger partial charge in [0.05, 0.1) is 17.0 Å². The van der Waals surface area contributed by atoms with Crippen molar-refractivity contribution in [1.82, 2.24) is 4.90 Å². The van der Waals surface area contributed by atoms with Crippen molar-refractivity contribution in [2.45, 2.75) is 44.6 Å². The number of nitrogens with two attached hydrogens (primary N) is 1. The van der Waals surface area contributed by atoms with Crippen LogP contribution in [0.5, 0.6) is 5.75 Å². The van der Waals surface area contributed by atoms with Gasteiger partial charge >= 0.3 is 6.18 Å². The summed E-state index contributed by atoms with van der Waals surface area (Å²) in [6, 6.07) is 31.1. The van der Waals surface area contributed by atoms with Crippen LogP contribution < -0.4 is 10.5 Å². The van der Waals surface area contributed by atoms with Gasteiger partial charge in [-0.3, -0.25) is 9.69 Å². The van der Waals surface area contributed by atoms with Gasteiger partial charge in [0.1, 0.15) is 5.75 Å². The second kappa shape index (κ2) is 13.7. The molecule has 1 atom stereocenters. The minimum absolute atomic E-state index is 0.0711. The minimum Gasteiger partial charge on any atom is -0.475 e. The van der Waals surface area contributed by atoms with Crippen LogP contribution in [0.4, 0.5) is 13.2 Å². The molecule has 41 heavy (non-hydrogen) atoms. The Hall–Kier alpha value is -3.81. The highest BCUT2D eigenvalue weighted by atomic mass is 35.5. The fourth-order valence-corrected chi connectivity index (χ4v) is 5.23. The van der Waals surface area contributed by atoms with Crippen molar-refractivity contribution in [3.63, 3.8) is 0 Å². The Balaban J connectivity index is 1.74. The number of hydrogen-bond acceptors (Lipinski definition) is 3. The molecule has 0 fully saturated rings. The van der Waals surface area contributed by atoms with Gasteiger partial charge in [0.15, 0.2) is 6.23 Å². The number of halogens is 4. The number of hydrogen-bond donors (Lipinski definition) is 1. The van der Waals surface area contributed by atoms with Gasteiger partial charge in [-0.15, -0.1) is 0 Å². The average molecular weight is 581 g/mol. The molecule has 1 unspecified atom stereocenters. The lowest BCUT2D eigenvalue weighted by atomic mass is 9.90. The minimum atomic E-state index is -4.57. The molecule has 0 bridgehead atoms. The summed E-state index contributed by atoms with van der Waals surface area (Å²) in [6.45, 7) is 2.52. The van der Waals surface area contributed by atoms with Crippen molar-refractivity contribution in [3.8, 4) is 5.75 Å². The number of nitrogens with zero attached hydrogens (tertiary/aromatic N) is 1. The number of ether oxygens (including phenoxy) is 1. The van der Waals surface area contributed by atoms with Crippen LogP contribution in [0.25, 0.3) is 0 Å². The SMILES string of the molecule is CCC(Oc1cccc(CC(N)=O)c1)N(Cc1cccc(C(F)(F)F)c1Cl)CC(c1ccccc1)c1ccccc1. The smallest absolute Gasteiger partial charge is 0.417 e. The van der Waals surface area contributed by atoms with Gasteiger partial charge in [0.25, 0.3) is 0 Å². The predicted molar refractivity (Wildman–Crippen MR) is 156 cm³/mol. The van der Waals surface area contributed by atoms with Crippen LogP contribution >= 0.6 is 11.6 Å². The largest absolute Gasteiger partial charge is 0.475 e. The highest BCUT2D eigenvalue weighted by molar-refractivity contribution is 6.32. The highest BCUT2D eigenvalue weighted by Gasteiger charge is 2.34. The third-order valence-electron chi connectivity index (χ3n) is 6.88. The zero-order valence-electron chi connectivity index (χ0n) is 22.7. The van der Waals surface area contributed by atoms with Crippen LogP contribution in [0.1, 0.15) is 47.1 Å². The zero-order chi connectivity index (χ0) is 29.4. The Morgan fingerprint density at radius 1 is 0.902 bits per heavy atom. The molecular weight excluding hydrogens is 549 g/mol. The molecule has 0 aliphatic heterocycles. The highest BCUT2D eigenvalue weighted by Crippen LogP contribution is 2.37. The first-order valence-electron chi connectivity index (χ1n) is 13.4. The first-order valence-corrected chi connectivity index (χ1v) is 13.8. The van der Waals surface area contributed by atoms with Crippen LogP contribution in [-0.4, -0.2) is 23.6 Å². The average Bonchev–Trinajstić information content (AvgIpc) is 2.95. The molecule has 0 heterocycles. The van der Waals surface area contributed by atoms with E-state index < -0.39 is 23.9 Å². The monoisotopic (exact) mass is 580 g/mol. The maximum atomic E-state index is 13.7. The van der Waals surface area contributed by atoms with Crippen LogP contribution in [0.3, 0.4) is 0 Å². The first kappa shape index (κ1) is 30.2. The Bertz CT molecular complexity index is 1390. The van der Waals surface area contributed by atoms with Crippen molar-refractivity contribution in [1.29, 1.82) is 0 Å². The number of primary amides is 1. The lowest BCUT2D eigenvalue weighted by Gasteiger charge is -2.35. The van der Waals surface area contributed by atoms with Crippen LogP contribution in [0.15, 0.2) is 103 Å². The number of benzene rings is 4. The van der Waals surface area contributed by atoms with Crippen molar-refractivity contribution in [3.05, 3.63) is 136 Å². The van der Waals surface area contributed by atoms with Crippen LogP contribution in [0, 0.1) is 0 Å². The molecule has 0 saturated heterocycles. The van der Waals surface area contributed by atoms with E-state index in [1.54, 1.807) is 30.3 Å². The number of alkyl halides is 3. The molecule has 0 spiro atoms. The standard InChI is InChI=1S/C33H32ClF3N2O2/c1-2-31(41-27-17-9-11-23(19-27)20-30(38)40)39(21-26-16-10-18-29(32(26)34)33(35,36)37)22-28(24-12-5-3-6-13-24)25-14-7-4-8-15-25/h3-19,28,31H,2,20-22H2,1H3,(H2,38,40). The van der Waals surface area contributed by atoms with Gasteiger partial charge < -0.3 is 10.5 Å². The van der Waals surface area contributed by atoms with Gasteiger partial charge in [0, 0.05) is 19.0 Å². The van der Waals surface area contributed by atoms with Gasteiger partial charge in [-0.2, -0.15) is 13.2 Å². The topological polar surface area (TPSA) is 55.6 Å². The molecule has 0 saturated carbocycles. The second-order valence-corrected chi connectivity index (χ2v) is 10.2. The lowest BCUT2D eigenvalue weighted by Crippen LogP contribution is -2.41. The molecule has 4 aromatic rings. The van der Waals surface area contributed by atoms with Crippen molar-refractivity contribution >= 4 is 17.5 Å². The molecule has 214 valence electrons. The Kier molecular flexibility index (Phi) is 10.1. The molecule has 0 aliphatic rings. The third kappa shape index (κ3) is 8.12. The molecule has 4 rings (SSSR count). The van der Waals surface area contributed by atoms with E-state index in [0.29, 0.717) is 29.8 Å². The van der Waals surface area contributed by atoms with E-state index in [2.05, 4.69) is 0 Å².